The predicted octanol–water partition coefficient (Wildman–Crippen LogP) is 0.0914. The molecule has 3 amide bonds. The normalized spacial score (nSPS) is 19.8. The Morgan fingerprint density at radius 3 is 2.74 bits per heavy atom. The van der Waals surface area contributed by atoms with Crippen molar-refractivity contribution in [1.29, 1.82) is 0 Å². The van der Waals surface area contributed by atoms with Crippen molar-refractivity contribution in [3.05, 3.63) is 29.3 Å². The lowest BCUT2D eigenvalue weighted by Crippen LogP contribution is -2.52. The molecule has 1 atom stereocenters. The fraction of sp³-hybridized carbons (Fsp3) is 0.389. The molecule has 0 radical (unpaired) electrons. The zero-order chi connectivity index (χ0) is 19.8. The third-order valence-electron chi connectivity index (χ3n) is 4.80. The number of imide groups is 1. The molecule has 1 fully saturated rings. The highest BCUT2D eigenvalue weighted by Crippen LogP contribution is 2.32. The van der Waals surface area contributed by atoms with E-state index in [2.05, 4.69) is 11.2 Å². The average molecular weight is 389 g/mol. The Balaban J connectivity index is 1.94. The van der Waals surface area contributed by atoms with E-state index in [-0.39, 0.29) is 48.7 Å². The highest BCUT2D eigenvalue weighted by molar-refractivity contribution is 7.89. The number of carbonyl (C=O) groups is 3. The minimum atomic E-state index is -3.83. The monoisotopic (exact) mass is 389 g/mol. The molecule has 1 saturated heterocycles. The van der Waals surface area contributed by atoms with Crippen LogP contribution in [0.15, 0.2) is 23.1 Å². The van der Waals surface area contributed by atoms with Gasteiger partial charge in [0.1, 0.15) is 6.04 Å². The molecule has 2 aliphatic heterocycles. The first kappa shape index (κ1) is 19.1. The van der Waals surface area contributed by atoms with Gasteiger partial charge >= 0.3 is 0 Å². The molecule has 9 heteroatoms. The summed E-state index contributed by atoms with van der Waals surface area (Å²) in [6.45, 7) is 0.159. The molecule has 8 nitrogen and oxygen atoms in total. The maximum Gasteiger partial charge on any atom is 0.255 e. The summed E-state index contributed by atoms with van der Waals surface area (Å²) in [6.07, 6.45) is 5.83. The average Bonchev–Trinajstić information content (AvgIpc) is 2.96. The standard InChI is InChI=1S/C18H19N3O5S/c1-3-4-10-20(2)27(25,26)15-7-5-6-12-13(15)11-21(18(12)24)14-8-9-16(22)19-17(14)23/h1,5-7,14H,4,8-11H2,2H3,(H,19,22,23). The lowest BCUT2D eigenvalue weighted by Gasteiger charge is -2.29. The van der Waals surface area contributed by atoms with Crippen molar-refractivity contribution in [2.75, 3.05) is 13.6 Å². The number of nitrogens with one attached hydrogen (secondary N) is 1. The Hall–Kier alpha value is -2.70. The van der Waals surface area contributed by atoms with E-state index in [1.165, 1.54) is 24.1 Å². The maximum absolute atomic E-state index is 12.9. The van der Waals surface area contributed by atoms with Gasteiger partial charge in [-0.1, -0.05) is 6.07 Å². The van der Waals surface area contributed by atoms with Crippen molar-refractivity contribution in [1.82, 2.24) is 14.5 Å². The minimum Gasteiger partial charge on any atom is -0.322 e. The zero-order valence-electron chi connectivity index (χ0n) is 14.8. The number of terminal acetylenes is 1. The van der Waals surface area contributed by atoms with Crippen molar-refractivity contribution in [2.24, 2.45) is 0 Å². The summed E-state index contributed by atoms with van der Waals surface area (Å²) >= 11 is 0. The first-order chi connectivity index (χ1) is 12.8. The van der Waals surface area contributed by atoms with Gasteiger partial charge in [0.25, 0.3) is 5.91 Å². The second kappa shape index (κ2) is 7.13. The molecule has 3 rings (SSSR count). The van der Waals surface area contributed by atoms with Crippen LogP contribution in [0, 0.1) is 12.3 Å². The number of rotatable bonds is 5. The molecule has 0 saturated carbocycles. The van der Waals surface area contributed by atoms with E-state index in [1.807, 2.05) is 0 Å². The molecule has 142 valence electrons. The number of hydrogen-bond donors (Lipinski definition) is 1. The molecule has 1 aromatic carbocycles. The van der Waals surface area contributed by atoms with E-state index in [0.29, 0.717) is 5.56 Å². The number of sulfonamides is 1. The Kier molecular flexibility index (Phi) is 5.04. The molecular formula is C18H19N3O5S. The Bertz CT molecular complexity index is 964. The van der Waals surface area contributed by atoms with Crippen LogP contribution in [0.5, 0.6) is 0 Å². The number of piperidine rings is 1. The second-order valence-electron chi connectivity index (χ2n) is 6.46. The minimum absolute atomic E-state index is 0.00116. The first-order valence-corrected chi connectivity index (χ1v) is 9.87. The van der Waals surface area contributed by atoms with Gasteiger partial charge in [-0.25, -0.2) is 8.42 Å². The van der Waals surface area contributed by atoms with Crippen LogP contribution in [-0.4, -0.2) is 55.0 Å². The van der Waals surface area contributed by atoms with Crippen LogP contribution in [0.1, 0.15) is 35.2 Å². The molecule has 0 aromatic heterocycles. The largest absolute Gasteiger partial charge is 0.322 e. The molecule has 1 unspecified atom stereocenters. The molecule has 27 heavy (non-hydrogen) atoms. The molecule has 2 heterocycles. The summed E-state index contributed by atoms with van der Waals surface area (Å²) in [5.41, 5.74) is 0.617. The summed E-state index contributed by atoms with van der Waals surface area (Å²) in [5.74, 6) is 1.07. The van der Waals surface area contributed by atoms with Gasteiger partial charge in [0.2, 0.25) is 21.8 Å². The van der Waals surface area contributed by atoms with E-state index >= 15 is 0 Å². The third-order valence-corrected chi connectivity index (χ3v) is 6.74. The van der Waals surface area contributed by atoms with Crippen LogP contribution in [-0.2, 0) is 26.2 Å². The number of hydrogen-bond acceptors (Lipinski definition) is 5. The number of benzene rings is 1. The van der Waals surface area contributed by atoms with Crippen molar-refractivity contribution in [3.63, 3.8) is 0 Å². The number of fused-ring (bicyclic) bond motifs is 1. The lowest BCUT2D eigenvalue weighted by molar-refractivity contribution is -0.136. The van der Waals surface area contributed by atoms with Crippen molar-refractivity contribution in [2.45, 2.75) is 36.7 Å². The van der Waals surface area contributed by atoms with E-state index in [1.54, 1.807) is 6.07 Å². The van der Waals surface area contributed by atoms with Crippen molar-refractivity contribution >= 4 is 27.7 Å². The first-order valence-electron chi connectivity index (χ1n) is 8.43. The second-order valence-corrected chi connectivity index (χ2v) is 8.48. The summed E-state index contributed by atoms with van der Waals surface area (Å²) in [6, 6.07) is 3.70. The zero-order valence-corrected chi connectivity index (χ0v) is 15.6. The summed E-state index contributed by atoms with van der Waals surface area (Å²) in [5, 5.41) is 2.22. The summed E-state index contributed by atoms with van der Waals surface area (Å²) in [4.78, 5) is 37.6. The fourth-order valence-corrected chi connectivity index (χ4v) is 4.71. The fourth-order valence-electron chi connectivity index (χ4n) is 3.31. The van der Waals surface area contributed by atoms with E-state index in [9.17, 15) is 22.8 Å². The number of amides is 3. The van der Waals surface area contributed by atoms with Crippen LogP contribution in [0.3, 0.4) is 0 Å². The van der Waals surface area contributed by atoms with Gasteiger partial charge in [-0.15, -0.1) is 12.3 Å². The maximum atomic E-state index is 12.9. The van der Waals surface area contributed by atoms with Gasteiger partial charge in [0.15, 0.2) is 0 Å². The highest BCUT2D eigenvalue weighted by atomic mass is 32.2. The number of nitrogens with zero attached hydrogens (tertiary/aromatic N) is 2. The smallest absolute Gasteiger partial charge is 0.255 e. The molecule has 1 aromatic rings. The van der Waals surface area contributed by atoms with Crippen LogP contribution >= 0.6 is 0 Å². The number of carbonyl (C=O) groups excluding carboxylic acids is 3. The molecule has 0 aliphatic carbocycles. The van der Waals surface area contributed by atoms with Crippen molar-refractivity contribution < 1.29 is 22.8 Å². The van der Waals surface area contributed by atoms with Crippen LogP contribution in [0.4, 0.5) is 0 Å². The highest BCUT2D eigenvalue weighted by Gasteiger charge is 2.41. The van der Waals surface area contributed by atoms with Gasteiger partial charge in [-0.05, 0) is 18.6 Å². The van der Waals surface area contributed by atoms with E-state index in [4.69, 9.17) is 6.42 Å². The Morgan fingerprint density at radius 1 is 1.33 bits per heavy atom. The predicted molar refractivity (Wildman–Crippen MR) is 95.8 cm³/mol. The summed E-state index contributed by atoms with van der Waals surface area (Å²) in [7, 11) is -2.40. The van der Waals surface area contributed by atoms with Crippen LogP contribution < -0.4 is 5.32 Å². The Labute approximate surface area is 157 Å². The Morgan fingerprint density at radius 2 is 2.07 bits per heavy atom. The molecular weight excluding hydrogens is 370 g/mol. The molecule has 2 aliphatic rings. The lowest BCUT2D eigenvalue weighted by atomic mass is 10.0. The topological polar surface area (TPSA) is 104 Å². The SMILES string of the molecule is C#CCCN(C)S(=O)(=O)c1cccc2c1CN(C1CCC(=O)NC1=O)C2=O. The quantitative estimate of drug-likeness (QED) is 0.568. The van der Waals surface area contributed by atoms with Crippen molar-refractivity contribution in [3.8, 4) is 12.3 Å². The van der Waals surface area contributed by atoms with Crippen LogP contribution in [0.2, 0.25) is 0 Å². The van der Waals surface area contributed by atoms with Gasteiger partial charge in [0, 0.05) is 44.1 Å². The molecule has 0 bridgehead atoms. The van der Waals surface area contributed by atoms with Gasteiger partial charge in [0.05, 0.1) is 4.90 Å². The third kappa shape index (κ3) is 3.34. The van der Waals surface area contributed by atoms with Gasteiger partial charge in [-0.3, -0.25) is 19.7 Å². The van der Waals surface area contributed by atoms with E-state index in [0.717, 1.165) is 4.31 Å². The van der Waals surface area contributed by atoms with Gasteiger partial charge in [-0.2, -0.15) is 4.31 Å². The molecule has 0 spiro atoms. The van der Waals surface area contributed by atoms with Gasteiger partial charge < -0.3 is 4.90 Å². The van der Waals surface area contributed by atoms with E-state index < -0.39 is 27.9 Å². The summed E-state index contributed by atoms with van der Waals surface area (Å²) < 4.78 is 27.0. The molecule has 1 N–H and O–H groups in total. The van der Waals surface area contributed by atoms with Crippen LogP contribution in [0.25, 0.3) is 0 Å².